The van der Waals surface area contributed by atoms with Crippen LogP contribution in [-0.2, 0) is 4.79 Å². The Morgan fingerprint density at radius 3 is 2.71 bits per heavy atom. The summed E-state index contributed by atoms with van der Waals surface area (Å²) < 4.78 is 14.5. The third-order valence-corrected chi connectivity index (χ3v) is 5.18. The largest absolute Gasteiger partial charge is 0.290 e. The van der Waals surface area contributed by atoms with E-state index >= 15 is 0 Å². The molecule has 0 radical (unpaired) electrons. The van der Waals surface area contributed by atoms with Gasteiger partial charge in [0, 0.05) is 22.0 Å². The maximum atomic E-state index is 12.9. The minimum Gasteiger partial charge on any atom is -0.290 e. The van der Waals surface area contributed by atoms with Crippen molar-refractivity contribution in [2.75, 3.05) is 5.32 Å². The van der Waals surface area contributed by atoms with Gasteiger partial charge in [-0.25, -0.2) is 8.91 Å². The number of aromatic nitrogens is 3. The molecule has 0 aliphatic carbocycles. The zero-order valence-corrected chi connectivity index (χ0v) is 16.4. The van der Waals surface area contributed by atoms with E-state index in [0.29, 0.717) is 20.6 Å². The van der Waals surface area contributed by atoms with Gasteiger partial charge in [0.05, 0.1) is 10.7 Å². The molecule has 2 heterocycles. The summed E-state index contributed by atoms with van der Waals surface area (Å²) in [5, 5.41) is 9.86. The first-order chi connectivity index (χ1) is 13.5. The minimum absolute atomic E-state index is 0.173. The summed E-state index contributed by atoms with van der Waals surface area (Å²) in [7, 11) is 0. The maximum absolute atomic E-state index is 12.9. The molecule has 2 aromatic carbocycles. The Labute approximate surface area is 173 Å². The molecular weight excluding hydrogens is 422 g/mol. The van der Waals surface area contributed by atoms with E-state index in [1.807, 2.05) is 5.38 Å². The first-order valence-corrected chi connectivity index (χ1v) is 9.67. The molecule has 0 spiro atoms. The van der Waals surface area contributed by atoms with Gasteiger partial charge >= 0.3 is 0 Å². The molecule has 0 aliphatic rings. The second-order valence-electron chi connectivity index (χ2n) is 5.75. The highest BCUT2D eigenvalue weighted by molar-refractivity contribution is 7.15. The highest BCUT2D eigenvalue weighted by Crippen LogP contribution is 2.33. The molecule has 140 valence electrons. The van der Waals surface area contributed by atoms with E-state index in [-0.39, 0.29) is 11.8 Å². The lowest BCUT2D eigenvalue weighted by Crippen LogP contribution is -2.09. The first-order valence-electron chi connectivity index (χ1n) is 8.04. The summed E-state index contributed by atoms with van der Waals surface area (Å²) in [6, 6.07) is 11.0. The van der Waals surface area contributed by atoms with Crippen LogP contribution in [0.5, 0.6) is 0 Å². The fourth-order valence-corrected chi connectivity index (χ4v) is 3.84. The van der Waals surface area contributed by atoms with Crippen molar-refractivity contribution >= 4 is 57.4 Å². The van der Waals surface area contributed by atoms with E-state index in [1.165, 1.54) is 29.5 Å². The molecule has 0 saturated heterocycles. The number of amides is 1. The van der Waals surface area contributed by atoms with E-state index in [2.05, 4.69) is 15.4 Å². The van der Waals surface area contributed by atoms with Gasteiger partial charge in [0.15, 0.2) is 0 Å². The van der Waals surface area contributed by atoms with Crippen molar-refractivity contribution in [3.05, 3.63) is 75.3 Å². The van der Waals surface area contributed by atoms with Crippen molar-refractivity contribution in [1.29, 1.82) is 0 Å². The van der Waals surface area contributed by atoms with Crippen LogP contribution in [0.25, 0.3) is 22.3 Å². The fourth-order valence-electron chi connectivity index (χ4n) is 2.51. The van der Waals surface area contributed by atoms with E-state index in [1.54, 1.807) is 40.9 Å². The van der Waals surface area contributed by atoms with E-state index in [9.17, 15) is 9.18 Å². The number of carbonyl (C=O) groups is 1. The number of halogens is 3. The molecule has 0 bridgehead atoms. The van der Waals surface area contributed by atoms with Crippen molar-refractivity contribution in [3.63, 3.8) is 0 Å². The predicted octanol–water partition coefficient (Wildman–Crippen LogP) is 5.56. The van der Waals surface area contributed by atoms with Crippen molar-refractivity contribution in [3.8, 4) is 11.3 Å². The number of hydrogen-bond acceptors (Lipinski definition) is 4. The van der Waals surface area contributed by atoms with Gasteiger partial charge in [-0.2, -0.15) is 4.98 Å². The number of rotatable bonds is 4. The standard InChI is InChI=1S/C19H11Cl2FN4OS/c20-12-4-7-14(15(21)9-12)16-10-28-19-24-18(25-26(16)19)23-17(27)8-3-11-1-5-13(22)6-2-11/h1-10H,(H,23,25,27)/b8-3+. The fraction of sp³-hybridized carbons (Fsp3) is 0. The Kier molecular flexibility index (Phi) is 5.13. The Morgan fingerprint density at radius 2 is 1.96 bits per heavy atom. The number of hydrogen-bond donors (Lipinski definition) is 1. The first kappa shape index (κ1) is 18.6. The third-order valence-electron chi connectivity index (χ3n) is 3.82. The average Bonchev–Trinajstić information content (AvgIpc) is 3.22. The lowest BCUT2D eigenvalue weighted by molar-refractivity contribution is -0.111. The molecule has 0 atom stereocenters. The molecule has 2 aromatic heterocycles. The van der Waals surface area contributed by atoms with Crippen LogP contribution in [0.1, 0.15) is 5.56 Å². The molecule has 0 aliphatic heterocycles. The maximum Gasteiger partial charge on any atom is 0.250 e. The van der Waals surface area contributed by atoms with E-state index in [4.69, 9.17) is 23.2 Å². The van der Waals surface area contributed by atoms with Gasteiger partial charge in [0.2, 0.25) is 4.96 Å². The highest BCUT2D eigenvalue weighted by atomic mass is 35.5. The molecule has 0 unspecified atom stereocenters. The normalized spacial score (nSPS) is 11.4. The van der Waals surface area contributed by atoms with Crippen LogP contribution in [-0.4, -0.2) is 20.5 Å². The second kappa shape index (κ2) is 7.71. The quantitative estimate of drug-likeness (QED) is 0.429. The summed E-state index contributed by atoms with van der Waals surface area (Å²) in [6.07, 6.45) is 2.91. The van der Waals surface area contributed by atoms with E-state index < -0.39 is 5.91 Å². The molecule has 0 fully saturated rings. The summed E-state index contributed by atoms with van der Waals surface area (Å²) in [4.78, 5) is 17.0. The monoisotopic (exact) mass is 432 g/mol. The molecular formula is C19H11Cl2FN4OS. The van der Waals surface area contributed by atoms with Gasteiger partial charge < -0.3 is 0 Å². The Balaban J connectivity index is 1.54. The topological polar surface area (TPSA) is 59.3 Å². The number of thiazole rings is 1. The Hall–Kier alpha value is -2.74. The lowest BCUT2D eigenvalue weighted by Gasteiger charge is -2.02. The second-order valence-corrected chi connectivity index (χ2v) is 7.43. The summed E-state index contributed by atoms with van der Waals surface area (Å²) >= 11 is 13.6. The van der Waals surface area contributed by atoms with Crippen LogP contribution in [0.2, 0.25) is 10.0 Å². The average molecular weight is 433 g/mol. The molecule has 5 nitrogen and oxygen atoms in total. The van der Waals surface area contributed by atoms with Gasteiger partial charge in [0.25, 0.3) is 11.9 Å². The third kappa shape index (κ3) is 3.91. The van der Waals surface area contributed by atoms with Crippen LogP contribution in [0.3, 0.4) is 0 Å². The van der Waals surface area contributed by atoms with Crippen LogP contribution in [0.4, 0.5) is 10.3 Å². The van der Waals surface area contributed by atoms with Gasteiger partial charge in [-0.1, -0.05) is 35.3 Å². The predicted molar refractivity (Wildman–Crippen MR) is 110 cm³/mol. The van der Waals surface area contributed by atoms with Crippen molar-refractivity contribution in [2.24, 2.45) is 0 Å². The number of fused-ring (bicyclic) bond motifs is 1. The summed E-state index contributed by atoms with van der Waals surface area (Å²) in [5.41, 5.74) is 2.21. The molecule has 9 heteroatoms. The number of anilines is 1. The van der Waals surface area contributed by atoms with Gasteiger partial charge in [0.1, 0.15) is 5.82 Å². The highest BCUT2D eigenvalue weighted by Gasteiger charge is 2.14. The summed E-state index contributed by atoms with van der Waals surface area (Å²) in [5.74, 6) is -0.555. The Morgan fingerprint density at radius 1 is 1.18 bits per heavy atom. The molecule has 0 saturated carbocycles. The van der Waals surface area contributed by atoms with Crippen molar-refractivity contribution in [1.82, 2.24) is 14.6 Å². The van der Waals surface area contributed by atoms with Gasteiger partial charge in [-0.15, -0.1) is 16.4 Å². The van der Waals surface area contributed by atoms with Crippen molar-refractivity contribution < 1.29 is 9.18 Å². The molecule has 1 N–H and O–H groups in total. The molecule has 4 aromatic rings. The van der Waals surface area contributed by atoms with Gasteiger partial charge in [-0.3, -0.25) is 10.1 Å². The van der Waals surface area contributed by atoms with Crippen LogP contribution in [0.15, 0.2) is 53.9 Å². The molecule has 1 amide bonds. The number of benzene rings is 2. The van der Waals surface area contributed by atoms with Crippen LogP contribution in [0, 0.1) is 5.82 Å². The van der Waals surface area contributed by atoms with E-state index in [0.717, 1.165) is 11.3 Å². The molecule has 4 rings (SSSR count). The molecule has 28 heavy (non-hydrogen) atoms. The zero-order valence-electron chi connectivity index (χ0n) is 14.1. The number of carbonyl (C=O) groups excluding carboxylic acids is 1. The number of nitrogens with zero attached hydrogens (tertiary/aromatic N) is 3. The Bertz CT molecular complexity index is 1200. The minimum atomic E-state index is -0.395. The SMILES string of the molecule is O=C(/C=C/c1ccc(F)cc1)Nc1nc2scc(-c3ccc(Cl)cc3Cl)n2n1. The zero-order chi connectivity index (χ0) is 19.7. The smallest absolute Gasteiger partial charge is 0.250 e. The summed E-state index contributed by atoms with van der Waals surface area (Å²) in [6.45, 7) is 0. The van der Waals surface area contributed by atoms with Gasteiger partial charge in [-0.05, 0) is 42.0 Å². The van der Waals surface area contributed by atoms with Crippen LogP contribution >= 0.6 is 34.5 Å². The van der Waals surface area contributed by atoms with Crippen LogP contribution < -0.4 is 5.32 Å². The number of nitrogens with one attached hydrogen (secondary N) is 1. The van der Waals surface area contributed by atoms with Crippen molar-refractivity contribution in [2.45, 2.75) is 0 Å². The lowest BCUT2D eigenvalue weighted by atomic mass is 10.2.